The van der Waals surface area contributed by atoms with Crippen LogP contribution in [-0.4, -0.2) is 100 Å². The monoisotopic (exact) mass is 530 g/mol. The van der Waals surface area contributed by atoms with Crippen molar-refractivity contribution in [3.05, 3.63) is 0 Å². The van der Waals surface area contributed by atoms with E-state index in [1.807, 2.05) is 0 Å². The van der Waals surface area contributed by atoms with Crippen molar-refractivity contribution in [2.75, 3.05) is 20.2 Å². The van der Waals surface area contributed by atoms with E-state index in [1.165, 1.54) is 12.0 Å². The Bertz CT molecular complexity index is 849. The third-order valence-electron chi connectivity index (χ3n) is 6.29. The van der Waals surface area contributed by atoms with Crippen molar-refractivity contribution in [2.45, 2.75) is 76.6 Å². The summed E-state index contributed by atoms with van der Waals surface area (Å²) in [5, 5.41) is 32.0. The molecule has 3 amide bonds. The zero-order valence-corrected chi connectivity index (χ0v) is 21.3. The van der Waals surface area contributed by atoms with Crippen molar-refractivity contribution in [1.82, 2.24) is 15.5 Å². The number of amides is 3. The maximum atomic E-state index is 13.3. The number of nitrogens with one attached hydrogen (secondary N) is 2. The van der Waals surface area contributed by atoms with Crippen molar-refractivity contribution in [3.63, 3.8) is 0 Å². The highest BCUT2D eigenvalue weighted by molar-refractivity contribution is 5.90. The van der Waals surface area contributed by atoms with Crippen LogP contribution in [0.1, 0.15) is 52.4 Å². The number of piperidine rings is 1. The molecule has 0 bridgehead atoms. The largest absolute Gasteiger partial charge is 0.481 e. The molecule has 5 atom stereocenters. The van der Waals surface area contributed by atoms with Gasteiger partial charge in [0.25, 0.3) is 0 Å². The molecule has 37 heavy (non-hydrogen) atoms. The van der Waals surface area contributed by atoms with Crippen LogP contribution in [0.15, 0.2) is 0 Å². The van der Waals surface area contributed by atoms with Crippen LogP contribution in [0, 0.1) is 11.8 Å². The van der Waals surface area contributed by atoms with Gasteiger partial charge in [-0.2, -0.15) is 0 Å². The van der Waals surface area contributed by atoms with Crippen LogP contribution in [0.25, 0.3) is 0 Å². The van der Waals surface area contributed by atoms with E-state index >= 15 is 0 Å². The number of hydrogen-bond acceptors (Lipinski definition) is 8. The van der Waals surface area contributed by atoms with Gasteiger partial charge >= 0.3 is 17.9 Å². The fourth-order valence-electron chi connectivity index (χ4n) is 4.05. The number of rotatable bonds is 15. The van der Waals surface area contributed by atoms with Crippen molar-refractivity contribution in [3.8, 4) is 0 Å². The van der Waals surface area contributed by atoms with E-state index in [2.05, 4.69) is 10.6 Å². The third kappa shape index (κ3) is 10.7. The lowest BCUT2D eigenvalue weighted by atomic mass is 9.90. The molecule has 0 radical (unpaired) electrons. The third-order valence-corrected chi connectivity index (χ3v) is 6.29. The average Bonchev–Trinajstić information content (AvgIpc) is 2.82. The minimum absolute atomic E-state index is 0.0489. The lowest BCUT2D eigenvalue weighted by Crippen LogP contribution is -2.57. The minimum atomic E-state index is -1.38. The van der Waals surface area contributed by atoms with Crippen LogP contribution in [0.3, 0.4) is 0 Å². The van der Waals surface area contributed by atoms with Gasteiger partial charge < -0.3 is 41.3 Å². The summed E-state index contributed by atoms with van der Waals surface area (Å²) in [5.74, 6) is -6.17. The number of nitrogens with two attached hydrogens (primary N) is 1. The molecule has 1 aliphatic heterocycles. The Morgan fingerprint density at radius 1 is 0.973 bits per heavy atom. The highest BCUT2D eigenvalue weighted by Gasteiger charge is 2.37. The molecule has 7 N–H and O–H groups in total. The first-order valence-corrected chi connectivity index (χ1v) is 12.1. The molecule has 0 aliphatic carbocycles. The molecule has 1 fully saturated rings. The first-order chi connectivity index (χ1) is 17.3. The molecule has 14 nitrogen and oxygen atoms in total. The molecule has 1 saturated heterocycles. The number of carboxylic acid groups (broad SMARTS) is 3. The van der Waals surface area contributed by atoms with Gasteiger partial charge in [-0.3, -0.25) is 24.0 Å². The van der Waals surface area contributed by atoms with E-state index in [1.54, 1.807) is 13.8 Å². The Balaban J connectivity index is 2.95. The van der Waals surface area contributed by atoms with E-state index < -0.39 is 72.2 Å². The number of carbonyl (C=O) groups excluding carboxylic acids is 3. The topological polar surface area (TPSA) is 226 Å². The molecule has 210 valence electrons. The number of hydrogen-bond donors (Lipinski definition) is 6. The highest BCUT2D eigenvalue weighted by atomic mass is 16.5. The smallest absolute Gasteiger partial charge is 0.326 e. The summed E-state index contributed by atoms with van der Waals surface area (Å²) in [6.45, 7) is 3.76. The SMILES string of the molecule is CO[C@H]1CCN(C(=O)[C@H](CCC(=O)O)NC(=O)[C@@H](N)C(C)C)C[C@H]1CC(=O)N[C@@H](CCC(=O)O)C(=O)O. The standard InChI is InChI=1S/C23H38N4O10/c1-12(2)20(24)21(33)26-14(4-6-18(29)30)22(34)27-9-8-16(37-3)13(11-27)10-17(28)25-15(23(35)36)5-7-19(31)32/h12-16,20H,4-11,24H2,1-3H3,(H,25,28)(H,26,33)(H,29,30)(H,31,32)(H,35,36)/t13-,14+,15+,16+,20+/m1/s1. The van der Waals surface area contributed by atoms with Crippen molar-refractivity contribution < 1.29 is 48.8 Å². The molecule has 1 heterocycles. The minimum Gasteiger partial charge on any atom is -0.481 e. The van der Waals surface area contributed by atoms with Gasteiger partial charge in [0.05, 0.1) is 12.1 Å². The van der Waals surface area contributed by atoms with Gasteiger partial charge in [-0.1, -0.05) is 13.8 Å². The lowest BCUT2D eigenvalue weighted by Gasteiger charge is -2.39. The summed E-state index contributed by atoms with van der Waals surface area (Å²) < 4.78 is 5.45. The molecular formula is C23H38N4O10. The number of nitrogens with zero attached hydrogens (tertiary/aromatic N) is 1. The lowest BCUT2D eigenvalue weighted by molar-refractivity contribution is -0.144. The number of methoxy groups -OCH3 is 1. The molecule has 0 aromatic heterocycles. The van der Waals surface area contributed by atoms with Gasteiger partial charge in [-0.05, 0) is 25.2 Å². The number of likely N-dealkylation sites (tertiary alicyclic amines) is 1. The molecular weight excluding hydrogens is 492 g/mol. The zero-order valence-electron chi connectivity index (χ0n) is 21.3. The Labute approximate surface area is 214 Å². The van der Waals surface area contributed by atoms with E-state index in [0.717, 1.165) is 0 Å². The van der Waals surface area contributed by atoms with Gasteiger partial charge in [0, 0.05) is 45.4 Å². The second-order valence-electron chi connectivity index (χ2n) is 9.47. The van der Waals surface area contributed by atoms with E-state index in [9.17, 15) is 33.9 Å². The molecule has 0 saturated carbocycles. The van der Waals surface area contributed by atoms with Crippen LogP contribution >= 0.6 is 0 Å². The Hall–Kier alpha value is -3.26. The van der Waals surface area contributed by atoms with Crippen molar-refractivity contribution in [1.29, 1.82) is 0 Å². The van der Waals surface area contributed by atoms with Crippen LogP contribution in [0.5, 0.6) is 0 Å². The zero-order chi connectivity index (χ0) is 28.3. The predicted octanol–water partition coefficient (Wildman–Crippen LogP) is -0.993. The van der Waals surface area contributed by atoms with Gasteiger partial charge in [-0.25, -0.2) is 4.79 Å². The normalized spacial score (nSPS) is 20.0. The average molecular weight is 531 g/mol. The Kier molecular flexibility index (Phi) is 13.0. The number of carboxylic acids is 3. The molecule has 14 heteroatoms. The van der Waals surface area contributed by atoms with E-state index in [-0.39, 0.29) is 44.7 Å². The summed E-state index contributed by atoms with van der Waals surface area (Å²) in [7, 11) is 1.45. The first kappa shape index (κ1) is 31.8. The summed E-state index contributed by atoms with van der Waals surface area (Å²) in [6.07, 6.45) is -1.49. The number of aliphatic carboxylic acids is 3. The number of ether oxygens (including phenoxy) is 1. The van der Waals surface area contributed by atoms with Crippen LogP contribution < -0.4 is 16.4 Å². The van der Waals surface area contributed by atoms with Gasteiger partial charge in [0.2, 0.25) is 17.7 Å². The van der Waals surface area contributed by atoms with Crippen LogP contribution in [0.4, 0.5) is 0 Å². The summed E-state index contributed by atoms with van der Waals surface area (Å²) in [4.78, 5) is 73.0. The molecule has 0 unspecified atom stereocenters. The molecule has 0 aromatic carbocycles. The van der Waals surface area contributed by atoms with Gasteiger partial charge in [-0.15, -0.1) is 0 Å². The fourth-order valence-corrected chi connectivity index (χ4v) is 4.05. The predicted molar refractivity (Wildman–Crippen MR) is 128 cm³/mol. The second kappa shape index (κ2) is 15.1. The maximum Gasteiger partial charge on any atom is 0.326 e. The fraction of sp³-hybridized carbons (Fsp3) is 0.739. The highest BCUT2D eigenvalue weighted by Crippen LogP contribution is 2.24. The van der Waals surface area contributed by atoms with Gasteiger partial charge in [0.1, 0.15) is 12.1 Å². The summed E-state index contributed by atoms with van der Waals surface area (Å²) in [6, 6.07) is -3.40. The Morgan fingerprint density at radius 3 is 2.03 bits per heavy atom. The quantitative estimate of drug-likeness (QED) is 0.151. The Morgan fingerprint density at radius 2 is 1.54 bits per heavy atom. The second-order valence-corrected chi connectivity index (χ2v) is 9.47. The van der Waals surface area contributed by atoms with E-state index in [0.29, 0.717) is 6.42 Å². The number of carbonyl (C=O) groups is 6. The first-order valence-electron chi connectivity index (χ1n) is 12.1. The van der Waals surface area contributed by atoms with E-state index in [4.69, 9.17) is 20.7 Å². The maximum absolute atomic E-state index is 13.3. The van der Waals surface area contributed by atoms with Gasteiger partial charge in [0.15, 0.2) is 0 Å². The molecule has 0 spiro atoms. The summed E-state index contributed by atoms with van der Waals surface area (Å²) in [5.41, 5.74) is 5.87. The molecule has 1 aliphatic rings. The van der Waals surface area contributed by atoms with Crippen molar-refractivity contribution in [2.24, 2.45) is 17.6 Å². The summed E-state index contributed by atoms with van der Waals surface area (Å²) >= 11 is 0. The van der Waals surface area contributed by atoms with Crippen LogP contribution in [0.2, 0.25) is 0 Å². The van der Waals surface area contributed by atoms with Crippen molar-refractivity contribution >= 4 is 35.6 Å². The molecule has 1 rings (SSSR count). The molecule has 0 aromatic rings. The van der Waals surface area contributed by atoms with Crippen LogP contribution in [-0.2, 0) is 33.5 Å².